The molecule has 0 radical (unpaired) electrons. The third-order valence-corrected chi connectivity index (χ3v) is 3.50. The molecule has 0 bridgehead atoms. The van der Waals surface area contributed by atoms with Gasteiger partial charge in [0.25, 0.3) is 0 Å². The van der Waals surface area contributed by atoms with Gasteiger partial charge in [0.1, 0.15) is 13.0 Å². The maximum absolute atomic E-state index is 11.5. The summed E-state index contributed by atoms with van der Waals surface area (Å²) in [5.41, 5.74) is 1.69. The number of ether oxygens (including phenoxy) is 2. The molecule has 5 nitrogen and oxygen atoms in total. The highest BCUT2D eigenvalue weighted by atomic mass is 35.5. The molecule has 2 rings (SSSR count). The van der Waals surface area contributed by atoms with E-state index >= 15 is 0 Å². The fourth-order valence-electron chi connectivity index (χ4n) is 2.14. The topological polar surface area (TPSA) is 71.3 Å². The van der Waals surface area contributed by atoms with Crippen molar-refractivity contribution in [1.82, 2.24) is 5.32 Å². The maximum Gasteiger partial charge on any atom is 0.234 e. The third kappa shape index (κ3) is 4.90. The zero-order valence-electron chi connectivity index (χ0n) is 13.2. The Morgan fingerprint density at radius 3 is 2.79 bits per heavy atom. The van der Waals surface area contributed by atoms with Crippen LogP contribution in [0.15, 0.2) is 42.5 Å². The molecular weight excluding hydrogens is 328 g/mol. The predicted molar refractivity (Wildman–Crippen MR) is 90.9 cm³/mol. The summed E-state index contributed by atoms with van der Waals surface area (Å²) in [6.07, 6.45) is -0.178. The van der Waals surface area contributed by atoms with Crippen molar-refractivity contribution in [2.24, 2.45) is 0 Å². The molecule has 0 spiro atoms. The smallest absolute Gasteiger partial charge is 0.234 e. The standard InChI is InChI=1S/C18H17ClN2O3/c1-23-16-7-3-5-14(11-21-17(22)8-9-20)18(16)24-12-13-4-2-6-15(19)10-13/h2-7,10H,8,11-12H2,1H3,(H,21,22). The van der Waals surface area contributed by atoms with Crippen molar-refractivity contribution in [2.75, 3.05) is 7.11 Å². The van der Waals surface area contributed by atoms with Crippen molar-refractivity contribution >= 4 is 17.5 Å². The minimum atomic E-state index is -0.332. The van der Waals surface area contributed by atoms with Gasteiger partial charge in [-0.3, -0.25) is 4.79 Å². The highest BCUT2D eigenvalue weighted by Gasteiger charge is 2.12. The summed E-state index contributed by atoms with van der Waals surface area (Å²) < 4.78 is 11.2. The summed E-state index contributed by atoms with van der Waals surface area (Å²) >= 11 is 5.98. The largest absolute Gasteiger partial charge is 0.493 e. The Kier molecular flexibility index (Phi) is 6.47. The van der Waals surface area contributed by atoms with Crippen LogP contribution < -0.4 is 14.8 Å². The van der Waals surface area contributed by atoms with Gasteiger partial charge in [-0.1, -0.05) is 35.9 Å². The second-order valence-electron chi connectivity index (χ2n) is 4.98. The van der Waals surface area contributed by atoms with Gasteiger partial charge in [-0.15, -0.1) is 0 Å². The highest BCUT2D eigenvalue weighted by molar-refractivity contribution is 6.30. The van der Waals surface area contributed by atoms with Gasteiger partial charge in [-0.05, 0) is 23.8 Å². The van der Waals surface area contributed by atoms with Gasteiger partial charge in [0.15, 0.2) is 11.5 Å². The lowest BCUT2D eigenvalue weighted by molar-refractivity contribution is -0.120. The maximum atomic E-state index is 11.5. The number of methoxy groups -OCH3 is 1. The molecule has 0 heterocycles. The minimum Gasteiger partial charge on any atom is -0.493 e. The van der Waals surface area contributed by atoms with Crippen LogP contribution in [0.2, 0.25) is 5.02 Å². The van der Waals surface area contributed by atoms with E-state index < -0.39 is 0 Å². The average molecular weight is 345 g/mol. The molecule has 0 aliphatic rings. The van der Waals surface area contributed by atoms with E-state index in [0.29, 0.717) is 23.1 Å². The van der Waals surface area contributed by atoms with Gasteiger partial charge in [-0.2, -0.15) is 5.26 Å². The average Bonchev–Trinajstić information content (AvgIpc) is 2.58. The molecule has 2 aromatic carbocycles. The van der Waals surface area contributed by atoms with Gasteiger partial charge in [0.05, 0.1) is 13.2 Å². The molecule has 1 amide bonds. The van der Waals surface area contributed by atoms with Crippen LogP contribution in [-0.2, 0) is 17.9 Å². The van der Waals surface area contributed by atoms with Crippen molar-refractivity contribution < 1.29 is 14.3 Å². The Labute approximate surface area is 145 Å². The van der Waals surface area contributed by atoms with Gasteiger partial charge in [-0.25, -0.2) is 0 Å². The molecule has 0 aromatic heterocycles. The number of para-hydroxylation sites is 1. The fraction of sp³-hybridized carbons (Fsp3) is 0.222. The van der Waals surface area contributed by atoms with Crippen LogP contribution >= 0.6 is 11.6 Å². The zero-order valence-corrected chi connectivity index (χ0v) is 14.0. The van der Waals surface area contributed by atoms with E-state index in [9.17, 15) is 4.79 Å². The fourth-order valence-corrected chi connectivity index (χ4v) is 2.35. The summed E-state index contributed by atoms with van der Waals surface area (Å²) in [6.45, 7) is 0.572. The summed E-state index contributed by atoms with van der Waals surface area (Å²) in [6, 6.07) is 14.6. The quantitative estimate of drug-likeness (QED) is 0.835. The van der Waals surface area contributed by atoms with Crippen LogP contribution in [-0.4, -0.2) is 13.0 Å². The van der Waals surface area contributed by atoms with E-state index in [2.05, 4.69) is 5.32 Å². The van der Waals surface area contributed by atoms with Crippen LogP contribution in [0.5, 0.6) is 11.5 Å². The summed E-state index contributed by atoms with van der Waals surface area (Å²) in [5, 5.41) is 11.9. The normalized spacial score (nSPS) is 9.88. The number of nitriles is 1. The van der Waals surface area contributed by atoms with E-state index in [1.54, 1.807) is 19.2 Å². The highest BCUT2D eigenvalue weighted by Crippen LogP contribution is 2.32. The molecule has 0 fully saturated rings. The van der Waals surface area contributed by atoms with Crippen LogP contribution in [0, 0.1) is 11.3 Å². The van der Waals surface area contributed by atoms with Crippen LogP contribution in [0.3, 0.4) is 0 Å². The number of amides is 1. The van der Waals surface area contributed by atoms with Gasteiger partial charge in [0.2, 0.25) is 5.91 Å². The lowest BCUT2D eigenvalue weighted by atomic mass is 10.1. The first-order chi connectivity index (χ1) is 11.6. The number of nitrogens with zero attached hydrogens (tertiary/aromatic N) is 1. The molecular formula is C18H17ClN2O3. The molecule has 6 heteroatoms. The van der Waals surface area contributed by atoms with Crippen LogP contribution in [0.25, 0.3) is 0 Å². The van der Waals surface area contributed by atoms with Crippen molar-refractivity contribution in [3.63, 3.8) is 0 Å². The molecule has 124 valence electrons. The Balaban J connectivity index is 2.14. The van der Waals surface area contributed by atoms with Crippen LogP contribution in [0.4, 0.5) is 0 Å². The Hall–Kier alpha value is -2.71. The number of carbonyl (C=O) groups is 1. The summed E-state index contributed by atoms with van der Waals surface area (Å²) in [5.74, 6) is 0.794. The van der Waals surface area contributed by atoms with E-state index in [1.165, 1.54) is 0 Å². The summed E-state index contributed by atoms with van der Waals surface area (Å²) in [7, 11) is 1.56. The van der Waals surface area contributed by atoms with Gasteiger partial charge >= 0.3 is 0 Å². The molecule has 0 saturated carbocycles. The molecule has 0 unspecified atom stereocenters. The van der Waals surface area contributed by atoms with E-state index in [4.69, 9.17) is 26.3 Å². The number of hydrogen-bond acceptors (Lipinski definition) is 4. The molecule has 0 saturated heterocycles. The van der Waals surface area contributed by atoms with Crippen molar-refractivity contribution in [3.8, 4) is 17.6 Å². The Bertz CT molecular complexity index is 756. The van der Waals surface area contributed by atoms with E-state index in [0.717, 1.165) is 11.1 Å². The molecule has 0 aliphatic heterocycles. The lowest BCUT2D eigenvalue weighted by Crippen LogP contribution is -2.22. The molecule has 0 atom stereocenters. The van der Waals surface area contributed by atoms with Gasteiger partial charge in [0, 0.05) is 17.1 Å². The van der Waals surface area contributed by atoms with Crippen LogP contribution in [0.1, 0.15) is 17.5 Å². The molecule has 1 N–H and O–H groups in total. The first kappa shape index (κ1) is 17.6. The zero-order chi connectivity index (χ0) is 17.4. The Morgan fingerprint density at radius 2 is 2.08 bits per heavy atom. The molecule has 24 heavy (non-hydrogen) atoms. The van der Waals surface area contributed by atoms with Crippen molar-refractivity contribution in [1.29, 1.82) is 5.26 Å². The molecule has 0 aliphatic carbocycles. The third-order valence-electron chi connectivity index (χ3n) is 3.27. The van der Waals surface area contributed by atoms with Crippen molar-refractivity contribution in [2.45, 2.75) is 19.6 Å². The Morgan fingerprint density at radius 1 is 1.29 bits per heavy atom. The van der Waals surface area contributed by atoms with E-state index in [-0.39, 0.29) is 18.9 Å². The van der Waals surface area contributed by atoms with Gasteiger partial charge < -0.3 is 14.8 Å². The lowest BCUT2D eigenvalue weighted by Gasteiger charge is -2.15. The SMILES string of the molecule is COc1cccc(CNC(=O)CC#N)c1OCc1cccc(Cl)c1. The van der Waals surface area contributed by atoms with E-state index in [1.807, 2.05) is 36.4 Å². The first-order valence-corrected chi connectivity index (χ1v) is 7.68. The number of nitrogens with one attached hydrogen (secondary N) is 1. The minimum absolute atomic E-state index is 0.178. The number of rotatable bonds is 7. The number of halogens is 1. The summed E-state index contributed by atoms with van der Waals surface area (Å²) in [4.78, 5) is 11.5. The number of hydrogen-bond donors (Lipinski definition) is 1. The second kappa shape index (κ2) is 8.80. The molecule has 2 aromatic rings. The second-order valence-corrected chi connectivity index (χ2v) is 5.42. The first-order valence-electron chi connectivity index (χ1n) is 7.31. The predicted octanol–water partition coefficient (Wildman–Crippen LogP) is 3.46. The monoisotopic (exact) mass is 344 g/mol. The number of carbonyl (C=O) groups excluding carboxylic acids is 1. The van der Waals surface area contributed by atoms with Crippen molar-refractivity contribution in [3.05, 3.63) is 58.6 Å². The number of benzene rings is 2.